The molecule has 1 aromatic heterocycles. The summed E-state index contributed by atoms with van der Waals surface area (Å²) in [5.74, 6) is 0.560. The molecule has 2 aromatic rings. The molecule has 7 heteroatoms. The molecule has 0 bridgehead atoms. The Labute approximate surface area is 158 Å². The lowest BCUT2D eigenvalue weighted by Crippen LogP contribution is -2.44. The number of rotatable bonds is 7. The summed E-state index contributed by atoms with van der Waals surface area (Å²) >= 11 is 0. The fraction of sp³-hybridized carbons (Fsp3) is 0.400. The molecule has 144 valence electrons. The number of para-hydroxylation sites is 1. The first-order valence-electron chi connectivity index (χ1n) is 9.14. The van der Waals surface area contributed by atoms with Crippen molar-refractivity contribution in [3.63, 3.8) is 0 Å². The van der Waals surface area contributed by atoms with Crippen molar-refractivity contribution in [1.29, 1.82) is 0 Å². The van der Waals surface area contributed by atoms with Gasteiger partial charge in [-0.15, -0.1) is 0 Å². The van der Waals surface area contributed by atoms with Gasteiger partial charge in [0.1, 0.15) is 5.82 Å². The third-order valence-electron chi connectivity index (χ3n) is 4.55. The number of ether oxygens (including phenoxy) is 1. The molecule has 1 amide bonds. The van der Waals surface area contributed by atoms with Crippen molar-refractivity contribution in [1.82, 2.24) is 15.2 Å². The normalized spacial score (nSPS) is 14.8. The van der Waals surface area contributed by atoms with E-state index in [0.717, 1.165) is 37.6 Å². The Hall–Kier alpha value is -2.67. The summed E-state index contributed by atoms with van der Waals surface area (Å²) in [6, 6.07) is 10.1. The average Bonchev–Trinajstić information content (AvgIpc) is 2.69. The largest absolute Gasteiger partial charge is 0.490 e. The van der Waals surface area contributed by atoms with Gasteiger partial charge in [0.25, 0.3) is 0 Å². The van der Waals surface area contributed by atoms with Crippen molar-refractivity contribution < 1.29 is 13.9 Å². The minimum atomic E-state index is -0.426. The fourth-order valence-corrected chi connectivity index (χ4v) is 2.85. The Morgan fingerprint density at radius 3 is 2.67 bits per heavy atom. The first-order chi connectivity index (χ1) is 13.1. The molecule has 1 saturated heterocycles. The molecule has 1 aliphatic rings. The Morgan fingerprint density at radius 2 is 1.96 bits per heavy atom. The smallest absolute Gasteiger partial charge is 0.223 e. The number of carbonyl (C=O) groups excluding carboxylic acids is 1. The SMILES string of the molecule is CN1CCN(c2ccc(CNC(=O)CCOc3ccccc3F)cn2)CC1. The van der Waals surface area contributed by atoms with Gasteiger partial charge in [0.2, 0.25) is 5.91 Å². The van der Waals surface area contributed by atoms with E-state index < -0.39 is 5.82 Å². The second kappa shape index (κ2) is 9.32. The molecule has 3 rings (SSSR count). The number of piperazine rings is 1. The van der Waals surface area contributed by atoms with Crippen LogP contribution in [0.15, 0.2) is 42.6 Å². The predicted molar refractivity (Wildman–Crippen MR) is 102 cm³/mol. The Kier molecular flexibility index (Phi) is 6.59. The van der Waals surface area contributed by atoms with E-state index in [2.05, 4.69) is 27.1 Å². The second-order valence-corrected chi connectivity index (χ2v) is 6.62. The highest BCUT2D eigenvalue weighted by atomic mass is 19.1. The van der Waals surface area contributed by atoms with Crippen molar-refractivity contribution >= 4 is 11.7 Å². The summed E-state index contributed by atoms with van der Waals surface area (Å²) in [6.45, 7) is 4.56. The summed E-state index contributed by atoms with van der Waals surface area (Å²) in [7, 11) is 2.12. The summed E-state index contributed by atoms with van der Waals surface area (Å²) in [5.41, 5.74) is 0.941. The van der Waals surface area contributed by atoms with Crippen LogP contribution in [0, 0.1) is 5.82 Å². The van der Waals surface area contributed by atoms with Gasteiger partial charge in [0.05, 0.1) is 13.0 Å². The quantitative estimate of drug-likeness (QED) is 0.806. The first kappa shape index (κ1) is 19.1. The van der Waals surface area contributed by atoms with Crippen LogP contribution in [0.4, 0.5) is 10.2 Å². The van der Waals surface area contributed by atoms with Crippen molar-refractivity contribution in [3.8, 4) is 5.75 Å². The number of hydrogen-bond acceptors (Lipinski definition) is 5. The van der Waals surface area contributed by atoms with Crippen molar-refractivity contribution in [3.05, 3.63) is 54.0 Å². The standard InChI is InChI=1S/C20H25FN4O2/c1-24-9-11-25(12-10-24)19-7-6-16(14-22-19)15-23-20(26)8-13-27-18-5-3-2-4-17(18)21/h2-7,14H,8-13,15H2,1H3,(H,23,26). The van der Waals surface area contributed by atoms with Crippen LogP contribution in [0.3, 0.4) is 0 Å². The zero-order valence-corrected chi connectivity index (χ0v) is 15.5. The number of pyridine rings is 1. The van der Waals surface area contributed by atoms with Crippen LogP contribution >= 0.6 is 0 Å². The lowest BCUT2D eigenvalue weighted by Gasteiger charge is -2.33. The van der Waals surface area contributed by atoms with Crippen molar-refractivity contribution in [2.24, 2.45) is 0 Å². The van der Waals surface area contributed by atoms with Gasteiger partial charge in [0, 0.05) is 38.9 Å². The van der Waals surface area contributed by atoms with Crippen LogP contribution < -0.4 is 15.0 Å². The number of aromatic nitrogens is 1. The second-order valence-electron chi connectivity index (χ2n) is 6.62. The summed E-state index contributed by atoms with van der Waals surface area (Å²) in [6.07, 6.45) is 1.96. The molecule has 1 N–H and O–H groups in total. The molecule has 1 fully saturated rings. The minimum Gasteiger partial charge on any atom is -0.490 e. The van der Waals surface area contributed by atoms with Crippen LogP contribution in [0.2, 0.25) is 0 Å². The molecule has 6 nitrogen and oxygen atoms in total. The van der Waals surface area contributed by atoms with Gasteiger partial charge in [-0.05, 0) is 30.8 Å². The zero-order chi connectivity index (χ0) is 19.1. The van der Waals surface area contributed by atoms with Gasteiger partial charge in [-0.3, -0.25) is 4.79 Å². The fourth-order valence-electron chi connectivity index (χ4n) is 2.85. The van der Waals surface area contributed by atoms with E-state index >= 15 is 0 Å². The molecule has 27 heavy (non-hydrogen) atoms. The number of nitrogens with zero attached hydrogens (tertiary/aromatic N) is 3. The van der Waals surface area contributed by atoms with Crippen LogP contribution in [0.25, 0.3) is 0 Å². The van der Waals surface area contributed by atoms with E-state index in [1.165, 1.54) is 6.07 Å². The summed E-state index contributed by atoms with van der Waals surface area (Å²) in [5, 5.41) is 2.83. The van der Waals surface area contributed by atoms with Gasteiger partial charge >= 0.3 is 0 Å². The maximum atomic E-state index is 13.4. The van der Waals surface area contributed by atoms with E-state index in [0.29, 0.717) is 6.54 Å². The average molecular weight is 372 g/mol. The lowest BCUT2D eigenvalue weighted by molar-refractivity contribution is -0.121. The highest BCUT2D eigenvalue weighted by Gasteiger charge is 2.15. The Balaban J connectivity index is 1.39. The number of benzene rings is 1. The maximum Gasteiger partial charge on any atom is 0.223 e. The third kappa shape index (κ3) is 5.65. The van der Waals surface area contributed by atoms with Gasteiger partial charge in [-0.25, -0.2) is 9.37 Å². The molecular weight excluding hydrogens is 347 g/mol. The lowest BCUT2D eigenvalue weighted by atomic mass is 10.2. The van der Waals surface area contributed by atoms with E-state index in [1.807, 2.05) is 12.1 Å². The zero-order valence-electron chi connectivity index (χ0n) is 15.5. The molecule has 0 saturated carbocycles. The molecule has 2 heterocycles. The monoisotopic (exact) mass is 372 g/mol. The molecule has 0 aliphatic carbocycles. The number of likely N-dealkylation sites (N-methyl/N-ethyl adjacent to an activating group) is 1. The number of halogens is 1. The van der Waals surface area contributed by atoms with Gasteiger partial charge in [-0.1, -0.05) is 18.2 Å². The van der Waals surface area contributed by atoms with Crippen LogP contribution in [0.1, 0.15) is 12.0 Å². The highest BCUT2D eigenvalue weighted by molar-refractivity contribution is 5.76. The maximum absolute atomic E-state index is 13.4. The van der Waals surface area contributed by atoms with Gasteiger partial charge in [-0.2, -0.15) is 0 Å². The summed E-state index contributed by atoms with van der Waals surface area (Å²) < 4.78 is 18.7. The third-order valence-corrected chi connectivity index (χ3v) is 4.55. The van der Waals surface area contributed by atoms with E-state index in [-0.39, 0.29) is 24.7 Å². The van der Waals surface area contributed by atoms with E-state index in [9.17, 15) is 9.18 Å². The topological polar surface area (TPSA) is 57.7 Å². The van der Waals surface area contributed by atoms with Gasteiger partial charge in [0.15, 0.2) is 11.6 Å². The molecule has 0 spiro atoms. The molecular formula is C20H25FN4O2. The van der Waals surface area contributed by atoms with Crippen LogP contribution in [-0.4, -0.2) is 55.6 Å². The van der Waals surface area contributed by atoms with Crippen molar-refractivity contribution in [2.45, 2.75) is 13.0 Å². The highest BCUT2D eigenvalue weighted by Crippen LogP contribution is 2.15. The Bertz CT molecular complexity index is 746. The van der Waals surface area contributed by atoms with Gasteiger partial charge < -0.3 is 19.9 Å². The number of hydrogen-bond donors (Lipinski definition) is 1. The predicted octanol–water partition coefficient (Wildman–Crippen LogP) is 2.06. The molecule has 1 aliphatic heterocycles. The number of carbonyl (C=O) groups is 1. The minimum absolute atomic E-state index is 0.132. The summed E-state index contributed by atoms with van der Waals surface area (Å²) in [4.78, 5) is 21.0. The van der Waals surface area contributed by atoms with E-state index in [4.69, 9.17) is 4.74 Å². The number of nitrogens with one attached hydrogen (secondary N) is 1. The van der Waals surface area contributed by atoms with Crippen molar-refractivity contribution in [2.75, 3.05) is 44.7 Å². The van der Waals surface area contributed by atoms with E-state index in [1.54, 1.807) is 24.4 Å². The Morgan fingerprint density at radius 1 is 1.19 bits per heavy atom. The first-order valence-corrected chi connectivity index (χ1v) is 9.14. The molecule has 1 aromatic carbocycles. The van der Waals surface area contributed by atoms with Crippen LogP contribution in [-0.2, 0) is 11.3 Å². The van der Waals surface area contributed by atoms with Crippen LogP contribution in [0.5, 0.6) is 5.75 Å². The molecule has 0 unspecified atom stereocenters. The number of anilines is 1. The molecule has 0 radical (unpaired) electrons. The molecule has 0 atom stereocenters. The number of amides is 1.